The van der Waals surface area contributed by atoms with Crippen molar-refractivity contribution in [1.29, 1.82) is 0 Å². The summed E-state index contributed by atoms with van der Waals surface area (Å²) in [6, 6.07) is 9.80. The van der Waals surface area contributed by atoms with E-state index in [0.717, 1.165) is 5.56 Å². The normalized spacial score (nSPS) is 31.9. The van der Waals surface area contributed by atoms with Crippen LogP contribution in [0.15, 0.2) is 30.3 Å². The van der Waals surface area contributed by atoms with Gasteiger partial charge in [-0.2, -0.15) is 0 Å². The van der Waals surface area contributed by atoms with Crippen molar-refractivity contribution < 1.29 is 14.3 Å². The van der Waals surface area contributed by atoms with Crippen LogP contribution in [0.3, 0.4) is 0 Å². The molecule has 0 spiro atoms. The molecule has 2 heterocycles. The van der Waals surface area contributed by atoms with E-state index in [1.165, 1.54) is 0 Å². The van der Waals surface area contributed by atoms with Gasteiger partial charge in [-0.05, 0) is 0 Å². The van der Waals surface area contributed by atoms with Crippen LogP contribution < -0.4 is 0 Å². The van der Waals surface area contributed by atoms with Gasteiger partial charge >= 0.3 is 0 Å². The molecule has 0 bridgehead atoms. The summed E-state index contributed by atoms with van der Waals surface area (Å²) in [5, 5.41) is 0. The number of hydrogen-bond donors (Lipinski definition) is 0. The lowest BCUT2D eigenvalue weighted by Crippen LogP contribution is -2.44. The van der Waals surface area contributed by atoms with E-state index in [9.17, 15) is 4.79 Å². The second-order valence-electron chi connectivity index (χ2n) is 4.49. The fraction of sp³-hybridized carbons (Fsp3) is 0.462. The van der Waals surface area contributed by atoms with Gasteiger partial charge in [-0.15, -0.1) is 0 Å². The average molecular weight is 233 g/mol. The number of benzene rings is 1. The Morgan fingerprint density at radius 1 is 1.41 bits per heavy atom. The highest BCUT2D eigenvalue weighted by atomic mass is 16.6. The Morgan fingerprint density at radius 3 is 2.88 bits per heavy atom. The Morgan fingerprint density at radius 2 is 2.18 bits per heavy atom. The van der Waals surface area contributed by atoms with Crippen LogP contribution in [-0.2, 0) is 14.3 Å². The van der Waals surface area contributed by atoms with Crippen LogP contribution in [0.25, 0.3) is 0 Å². The Labute approximate surface area is 100 Å². The summed E-state index contributed by atoms with van der Waals surface area (Å²) < 4.78 is 11.3. The lowest BCUT2D eigenvalue weighted by molar-refractivity contribution is -0.148. The molecule has 2 fully saturated rings. The van der Waals surface area contributed by atoms with Crippen molar-refractivity contribution in [3.63, 3.8) is 0 Å². The first kappa shape index (κ1) is 10.7. The fourth-order valence-electron chi connectivity index (χ4n) is 2.66. The van der Waals surface area contributed by atoms with Crippen LogP contribution >= 0.6 is 0 Å². The molecule has 1 amide bonds. The molecule has 0 N–H and O–H groups in total. The topological polar surface area (TPSA) is 38.8 Å². The predicted molar refractivity (Wildman–Crippen MR) is 61.0 cm³/mol. The molecule has 17 heavy (non-hydrogen) atoms. The number of nitrogens with zero attached hydrogens (tertiary/aromatic N) is 1. The third-order valence-electron chi connectivity index (χ3n) is 3.60. The highest BCUT2D eigenvalue weighted by molar-refractivity contribution is 5.80. The van der Waals surface area contributed by atoms with Gasteiger partial charge in [0.2, 0.25) is 5.91 Å². The molecule has 0 aliphatic carbocycles. The fourth-order valence-corrected chi connectivity index (χ4v) is 2.66. The zero-order valence-electron chi connectivity index (χ0n) is 9.76. The first-order valence-corrected chi connectivity index (χ1v) is 5.81. The Balaban J connectivity index is 1.96. The molecule has 4 heteroatoms. The third-order valence-corrected chi connectivity index (χ3v) is 3.60. The minimum absolute atomic E-state index is 0.109. The summed E-state index contributed by atoms with van der Waals surface area (Å²) in [5.41, 5.74) is 0.457. The first-order chi connectivity index (χ1) is 8.27. The maximum atomic E-state index is 12.0. The zero-order chi connectivity index (χ0) is 11.9. The van der Waals surface area contributed by atoms with E-state index in [0.29, 0.717) is 19.4 Å². The van der Waals surface area contributed by atoms with E-state index in [2.05, 4.69) is 0 Å². The molecule has 1 aromatic rings. The minimum atomic E-state index is -0.544. The van der Waals surface area contributed by atoms with Crippen LogP contribution in [0.4, 0.5) is 0 Å². The molecule has 0 unspecified atom stereocenters. The smallest absolute Gasteiger partial charge is 0.227 e. The van der Waals surface area contributed by atoms with Gasteiger partial charge in [0, 0.05) is 25.5 Å². The second kappa shape index (κ2) is 3.82. The summed E-state index contributed by atoms with van der Waals surface area (Å²) in [4.78, 5) is 13.7. The average Bonchev–Trinajstić information content (AvgIpc) is 2.90. The van der Waals surface area contributed by atoms with Gasteiger partial charge in [-0.3, -0.25) is 9.69 Å². The lowest BCUT2D eigenvalue weighted by Gasteiger charge is -2.31. The van der Waals surface area contributed by atoms with Crippen LogP contribution in [0, 0.1) is 0 Å². The molecular formula is C13H15NO3. The number of carbonyl (C=O) groups is 1. The largest absolute Gasteiger partial charge is 0.356 e. The highest BCUT2D eigenvalue weighted by Crippen LogP contribution is 2.44. The lowest BCUT2D eigenvalue weighted by atomic mass is 10.1. The Hall–Kier alpha value is -1.39. The van der Waals surface area contributed by atoms with Gasteiger partial charge in [-0.1, -0.05) is 30.3 Å². The van der Waals surface area contributed by atoms with Gasteiger partial charge < -0.3 is 9.47 Å². The number of rotatable bonds is 2. The van der Waals surface area contributed by atoms with Crippen molar-refractivity contribution in [1.82, 2.24) is 4.90 Å². The van der Waals surface area contributed by atoms with E-state index in [1.807, 2.05) is 30.3 Å². The molecule has 2 saturated heterocycles. The molecule has 2 aliphatic heterocycles. The SMILES string of the molecule is CO[C@@]12CCC(=O)N1[C@@H](c1ccccc1)OC2. The number of carbonyl (C=O) groups excluding carboxylic acids is 1. The summed E-state index contributed by atoms with van der Waals surface area (Å²) in [7, 11) is 1.64. The number of amides is 1. The van der Waals surface area contributed by atoms with Crippen molar-refractivity contribution in [2.75, 3.05) is 13.7 Å². The van der Waals surface area contributed by atoms with Gasteiger partial charge in [-0.25, -0.2) is 0 Å². The highest BCUT2D eigenvalue weighted by Gasteiger charge is 2.55. The minimum Gasteiger partial charge on any atom is -0.356 e. The molecule has 0 radical (unpaired) electrons. The van der Waals surface area contributed by atoms with Crippen LogP contribution in [0.2, 0.25) is 0 Å². The van der Waals surface area contributed by atoms with E-state index in [1.54, 1.807) is 12.0 Å². The molecule has 90 valence electrons. The number of ether oxygens (including phenoxy) is 2. The number of fused-ring (bicyclic) bond motifs is 1. The van der Waals surface area contributed by atoms with Gasteiger partial charge in [0.05, 0.1) is 6.61 Å². The molecule has 3 rings (SSSR count). The van der Waals surface area contributed by atoms with Crippen LogP contribution in [-0.4, -0.2) is 30.2 Å². The maximum Gasteiger partial charge on any atom is 0.227 e. The Bertz CT molecular complexity index is 434. The van der Waals surface area contributed by atoms with E-state index >= 15 is 0 Å². The van der Waals surface area contributed by atoms with E-state index < -0.39 is 5.72 Å². The molecular weight excluding hydrogens is 218 g/mol. The zero-order valence-corrected chi connectivity index (χ0v) is 9.76. The van der Waals surface area contributed by atoms with Gasteiger partial charge in [0.15, 0.2) is 12.0 Å². The quantitative estimate of drug-likeness (QED) is 0.780. The first-order valence-electron chi connectivity index (χ1n) is 5.81. The van der Waals surface area contributed by atoms with Gasteiger partial charge in [0.1, 0.15) is 0 Å². The number of hydrogen-bond acceptors (Lipinski definition) is 3. The van der Waals surface area contributed by atoms with E-state index in [-0.39, 0.29) is 12.1 Å². The van der Waals surface area contributed by atoms with Gasteiger partial charge in [0.25, 0.3) is 0 Å². The number of methoxy groups -OCH3 is 1. The van der Waals surface area contributed by atoms with Crippen molar-refractivity contribution in [3.8, 4) is 0 Å². The molecule has 0 aromatic heterocycles. The monoisotopic (exact) mass is 233 g/mol. The van der Waals surface area contributed by atoms with E-state index in [4.69, 9.17) is 9.47 Å². The van der Waals surface area contributed by atoms with Crippen molar-refractivity contribution in [3.05, 3.63) is 35.9 Å². The standard InChI is InChI=1S/C13H15NO3/c1-16-13-8-7-11(15)14(13)12(17-9-13)10-5-3-2-4-6-10/h2-6,12H,7-9H2,1H3/t12-,13-/m1/s1. The maximum absolute atomic E-state index is 12.0. The summed E-state index contributed by atoms with van der Waals surface area (Å²) in [6.45, 7) is 0.453. The molecule has 1 aromatic carbocycles. The van der Waals surface area contributed by atoms with Crippen LogP contribution in [0.5, 0.6) is 0 Å². The predicted octanol–water partition coefficient (Wildman–Crippen LogP) is 1.68. The van der Waals surface area contributed by atoms with Crippen LogP contribution in [0.1, 0.15) is 24.6 Å². The summed E-state index contributed by atoms with van der Waals surface area (Å²) in [6.07, 6.45) is 0.956. The molecule has 2 atom stereocenters. The van der Waals surface area contributed by atoms with Crippen molar-refractivity contribution in [2.45, 2.75) is 24.8 Å². The third kappa shape index (κ3) is 1.48. The summed E-state index contributed by atoms with van der Waals surface area (Å²) in [5.74, 6) is 0.109. The Kier molecular flexibility index (Phi) is 2.42. The van der Waals surface area contributed by atoms with Crippen molar-refractivity contribution in [2.24, 2.45) is 0 Å². The van der Waals surface area contributed by atoms with Crippen molar-refractivity contribution >= 4 is 5.91 Å². The second-order valence-corrected chi connectivity index (χ2v) is 4.49. The summed E-state index contributed by atoms with van der Waals surface area (Å²) >= 11 is 0. The molecule has 2 aliphatic rings. The molecule has 0 saturated carbocycles. The molecule has 4 nitrogen and oxygen atoms in total.